The van der Waals surface area contributed by atoms with Gasteiger partial charge in [-0.05, 0) is 24.6 Å². The number of hydrogen-bond acceptors (Lipinski definition) is 3. The maximum Gasteiger partial charge on any atom is 0.255 e. The Hall–Kier alpha value is -2.43. The van der Waals surface area contributed by atoms with Gasteiger partial charge in [-0.2, -0.15) is 0 Å². The average Bonchev–Trinajstić information content (AvgIpc) is 2.77. The van der Waals surface area contributed by atoms with E-state index in [0.717, 1.165) is 17.4 Å². The quantitative estimate of drug-likeness (QED) is 0.869. The predicted molar refractivity (Wildman–Crippen MR) is 69.8 cm³/mol. The Morgan fingerprint density at radius 1 is 1.42 bits per heavy atom. The van der Waals surface area contributed by atoms with E-state index >= 15 is 0 Å². The molecule has 5 heteroatoms. The van der Waals surface area contributed by atoms with Gasteiger partial charge in [-0.25, -0.2) is 9.37 Å². The minimum atomic E-state index is -0.455. The molecule has 19 heavy (non-hydrogen) atoms. The van der Waals surface area contributed by atoms with Gasteiger partial charge in [0.05, 0.1) is 11.8 Å². The van der Waals surface area contributed by atoms with Crippen LogP contribution in [0.2, 0.25) is 0 Å². The zero-order valence-electron chi connectivity index (χ0n) is 10.3. The summed E-state index contributed by atoms with van der Waals surface area (Å²) in [6.07, 6.45) is 1.14. The summed E-state index contributed by atoms with van der Waals surface area (Å²) < 4.78 is 13.6. The van der Waals surface area contributed by atoms with Crippen LogP contribution in [0.15, 0.2) is 30.5 Å². The van der Waals surface area contributed by atoms with Gasteiger partial charge in [0, 0.05) is 17.8 Å². The lowest BCUT2D eigenvalue weighted by molar-refractivity contribution is 0.0966. The normalized spacial score (nSPS) is 13.1. The fourth-order valence-corrected chi connectivity index (χ4v) is 2.15. The number of pyridine rings is 1. The van der Waals surface area contributed by atoms with Crippen molar-refractivity contribution in [3.63, 3.8) is 0 Å². The molecule has 1 aromatic carbocycles. The van der Waals surface area contributed by atoms with Crippen molar-refractivity contribution in [2.24, 2.45) is 0 Å². The highest BCUT2D eigenvalue weighted by molar-refractivity contribution is 6.03. The molecular formula is C14H12FN3O. The van der Waals surface area contributed by atoms with Crippen LogP contribution >= 0.6 is 0 Å². The van der Waals surface area contributed by atoms with Crippen molar-refractivity contribution in [1.29, 1.82) is 0 Å². The van der Waals surface area contributed by atoms with Crippen molar-refractivity contribution in [1.82, 2.24) is 10.3 Å². The van der Waals surface area contributed by atoms with E-state index in [1.165, 1.54) is 0 Å². The molecule has 0 saturated heterocycles. The summed E-state index contributed by atoms with van der Waals surface area (Å²) in [4.78, 5) is 15.7. The minimum Gasteiger partial charge on any atom is -0.348 e. The molecule has 1 aliphatic rings. The standard InChI is InChI=1S/C14H12FN3O/c1-8-3-2-4-9(5-8)18-13-12-10(6-17-14(12)19)11(15)7-16-13/h2-5,7H,6H2,1H3,(H,16,18)(H,17,19). The number of aryl methyl sites for hydroxylation is 1. The summed E-state index contributed by atoms with van der Waals surface area (Å²) in [7, 11) is 0. The third kappa shape index (κ3) is 2.03. The van der Waals surface area contributed by atoms with Crippen molar-refractivity contribution in [3.05, 3.63) is 53.0 Å². The molecule has 1 amide bonds. The number of anilines is 2. The van der Waals surface area contributed by atoms with E-state index in [-0.39, 0.29) is 12.5 Å². The Morgan fingerprint density at radius 3 is 3.05 bits per heavy atom. The van der Waals surface area contributed by atoms with Gasteiger partial charge in [0.2, 0.25) is 0 Å². The number of nitrogens with zero attached hydrogens (tertiary/aromatic N) is 1. The number of carbonyl (C=O) groups excluding carboxylic acids is 1. The Balaban J connectivity index is 2.03. The molecule has 0 unspecified atom stereocenters. The fourth-order valence-electron chi connectivity index (χ4n) is 2.15. The summed E-state index contributed by atoms with van der Waals surface area (Å²) in [5.41, 5.74) is 2.57. The first-order chi connectivity index (χ1) is 9.15. The highest BCUT2D eigenvalue weighted by Gasteiger charge is 2.26. The number of amides is 1. The van der Waals surface area contributed by atoms with E-state index in [0.29, 0.717) is 16.9 Å². The first kappa shape index (κ1) is 11.6. The first-order valence-electron chi connectivity index (χ1n) is 5.94. The third-order valence-electron chi connectivity index (χ3n) is 3.07. The van der Waals surface area contributed by atoms with E-state index in [1.54, 1.807) is 0 Å². The van der Waals surface area contributed by atoms with Crippen LogP contribution in [0.5, 0.6) is 0 Å². The third-order valence-corrected chi connectivity index (χ3v) is 3.07. The molecule has 2 heterocycles. The molecule has 2 N–H and O–H groups in total. The zero-order valence-corrected chi connectivity index (χ0v) is 10.3. The predicted octanol–water partition coefficient (Wildman–Crippen LogP) is 2.52. The molecule has 0 saturated carbocycles. The van der Waals surface area contributed by atoms with Crippen molar-refractivity contribution >= 4 is 17.4 Å². The molecule has 1 aliphatic heterocycles. The second-order valence-electron chi connectivity index (χ2n) is 4.49. The summed E-state index contributed by atoms with van der Waals surface area (Å²) in [5.74, 6) is -0.364. The maximum absolute atomic E-state index is 13.6. The van der Waals surface area contributed by atoms with E-state index in [2.05, 4.69) is 15.6 Å². The van der Waals surface area contributed by atoms with Crippen LogP contribution in [-0.4, -0.2) is 10.9 Å². The molecule has 1 aromatic heterocycles. The number of carbonyl (C=O) groups is 1. The van der Waals surface area contributed by atoms with Gasteiger partial charge in [0.25, 0.3) is 5.91 Å². The van der Waals surface area contributed by atoms with Crippen LogP contribution in [-0.2, 0) is 6.54 Å². The maximum atomic E-state index is 13.6. The summed E-state index contributed by atoms with van der Waals surface area (Å²) in [6, 6.07) is 7.68. The second kappa shape index (κ2) is 4.35. The van der Waals surface area contributed by atoms with Gasteiger partial charge < -0.3 is 10.6 Å². The smallest absolute Gasteiger partial charge is 0.255 e. The Labute approximate surface area is 109 Å². The SMILES string of the molecule is Cc1cccc(Nc2ncc(F)c3c2C(=O)NC3)c1. The number of aromatic nitrogens is 1. The molecule has 3 rings (SSSR count). The molecule has 96 valence electrons. The topological polar surface area (TPSA) is 54.0 Å². The lowest BCUT2D eigenvalue weighted by Gasteiger charge is -2.09. The van der Waals surface area contributed by atoms with Crippen molar-refractivity contribution in [2.75, 3.05) is 5.32 Å². The molecule has 0 spiro atoms. The molecule has 0 aliphatic carbocycles. The first-order valence-corrected chi connectivity index (χ1v) is 5.94. The van der Waals surface area contributed by atoms with Gasteiger partial charge in [0.15, 0.2) is 0 Å². The van der Waals surface area contributed by atoms with Crippen LogP contribution in [0, 0.1) is 12.7 Å². The van der Waals surface area contributed by atoms with Crippen LogP contribution in [0.1, 0.15) is 21.5 Å². The van der Waals surface area contributed by atoms with Gasteiger partial charge in [0.1, 0.15) is 11.6 Å². The summed E-state index contributed by atoms with van der Waals surface area (Å²) in [5, 5.41) is 5.67. The van der Waals surface area contributed by atoms with E-state index in [1.807, 2.05) is 31.2 Å². The van der Waals surface area contributed by atoms with Crippen LogP contribution in [0.4, 0.5) is 15.9 Å². The van der Waals surface area contributed by atoms with Gasteiger partial charge >= 0.3 is 0 Å². The number of nitrogens with one attached hydrogen (secondary N) is 2. The number of benzene rings is 1. The van der Waals surface area contributed by atoms with Crippen LogP contribution < -0.4 is 10.6 Å². The molecule has 0 atom stereocenters. The minimum absolute atomic E-state index is 0.213. The van der Waals surface area contributed by atoms with Gasteiger partial charge in [-0.1, -0.05) is 12.1 Å². The highest BCUT2D eigenvalue weighted by Crippen LogP contribution is 2.27. The number of halogens is 1. The molecule has 2 aromatic rings. The lowest BCUT2D eigenvalue weighted by atomic mass is 10.1. The zero-order chi connectivity index (χ0) is 13.4. The Bertz CT molecular complexity index is 670. The van der Waals surface area contributed by atoms with Crippen molar-refractivity contribution in [2.45, 2.75) is 13.5 Å². The second-order valence-corrected chi connectivity index (χ2v) is 4.49. The van der Waals surface area contributed by atoms with E-state index in [4.69, 9.17) is 0 Å². The van der Waals surface area contributed by atoms with E-state index in [9.17, 15) is 9.18 Å². The molecule has 4 nitrogen and oxygen atoms in total. The lowest BCUT2D eigenvalue weighted by Crippen LogP contribution is -2.14. The number of rotatable bonds is 2. The average molecular weight is 257 g/mol. The van der Waals surface area contributed by atoms with Crippen LogP contribution in [0.3, 0.4) is 0 Å². The summed E-state index contributed by atoms with van der Waals surface area (Å²) >= 11 is 0. The molecule has 0 radical (unpaired) electrons. The van der Waals surface area contributed by atoms with Crippen LogP contribution in [0.25, 0.3) is 0 Å². The van der Waals surface area contributed by atoms with Gasteiger partial charge in [-0.3, -0.25) is 4.79 Å². The molecular weight excluding hydrogens is 245 g/mol. The Kier molecular flexibility index (Phi) is 2.67. The molecule has 0 bridgehead atoms. The van der Waals surface area contributed by atoms with Crippen molar-refractivity contribution in [3.8, 4) is 0 Å². The monoisotopic (exact) mass is 257 g/mol. The highest BCUT2D eigenvalue weighted by atomic mass is 19.1. The molecule has 0 fully saturated rings. The largest absolute Gasteiger partial charge is 0.348 e. The van der Waals surface area contributed by atoms with Gasteiger partial charge in [-0.15, -0.1) is 0 Å². The summed E-state index contributed by atoms with van der Waals surface area (Å²) in [6.45, 7) is 2.19. The number of hydrogen-bond donors (Lipinski definition) is 2. The fraction of sp³-hybridized carbons (Fsp3) is 0.143. The van der Waals surface area contributed by atoms with Crippen molar-refractivity contribution < 1.29 is 9.18 Å². The number of fused-ring (bicyclic) bond motifs is 1. The van der Waals surface area contributed by atoms with E-state index < -0.39 is 5.82 Å². The Morgan fingerprint density at radius 2 is 2.26 bits per heavy atom.